The molecular formula is C11H13BrFNO3. The van der Waals surface area contributed by atoms with Crippen LogP contribution in [0.5, 0.6) is 5.75 Å². The predicted octanol–water partition coefficient (Wildman–Crippen LogP) is 2.06. The van der Waals surface area contributed by atoms with Crippen LogP contribution < -0.4 is 5.73 Å². The van der Waals surface area contributed by atoms with Crippen LogP contribution >= 0.6 is 15.9 Å². The molecule has 2 atom stereocenters. The van der Waals surface area contributed by atoms with Gasteiger partial charge in [-0.2, -0.15) is 0 Å². The van der Waals surface area contributed by atoms with Crippen molar-refractivity contribution in [3.63, 3.8) is 0 Å². The normalized spacial score (nSPS) is 14.1. The van der Waals surface area contributed by atoms with E-state index in [0.29, 0.717) is 10.0 Å². The van der Waals surface area contributed by atoms with E-state index in [1.165, 1.54) is 18.2 Å². The molecule has 1 rings (SSSR count). The number of hydrogen-bond donors (Lipinski definition) is 2. The van der Waals surface area contributed by atoms with Gasteiger partial charge in [-0.25, -0.2) is 9.18 Å². The van der Waals surface area contributed by atoms with E-state index in [-0.39, 0.29) is 12.4 Å². The zero-order valence-corrected chi connectivity index (χ0v) is 10.8. The summed E-state index contributed by atoms with van der Waals surface area (Å²) in [5.41, 5.74) is 5.93. The fourth-order valence-corrected chi connectivity index (χ4v) is 1.82. The van der Waals surface area contributed by atoms with Crippen LogP contribution in [0.4, 0.5) is 4.39 Å². The van der Waals surface area contributed by atoms with Crippen molar-refractivity contribution in [1.29, 1.82) is 0 Å². The largest absolute Gasteiger partial charge is 0.508 e. The first-order valence-electron chi connectivity index (χ1n) is 5.02. The van der Waals surface area contributed by atoms with E-state index in [0.717, 1.165) is 0 Å². The van der Waals surface area contributed by atoms with Gasteiger partial charge in [-0.15, -0.1) is 0 Å². The van der Waals surface area contributed by atoms with Gasteiger partial charge in [0.25, 0.3) is 0 Å². The maximum Gasteiger partial charge on any atom is 0.342 e. The molecule has 0 radical (unpaired) electrons. The fraction of sp³-hybridized carbons (Fsp3) is 0.364. The van der Waals surface area contributed by atoms with Gasteiger partial charge in [-0.1, -0.05) is 15.9 Å². The Balaban J connectivity index is 2.91. The number of phenolic OH excluding ortho intramolecular Hbond substituents is 1. The number of ether oxygens (including phenoxy) is 1. The maximum absolute atomic E-state index is 13.7. The summed E-state index contributed by atoms with van der Waals surface area (Å²) in [6.07, 6.45) is -1.96. The molecule has 0 fully saturated rings. The third kappa shape index (κ3) is 3.41. The van der Waals surface area contributed by atoms with Crippen LogP contribution in [0.2, 0.25) is 0 Å². The van der Waals surface area contributed by atoms with Crippen molar-refractivity contribution in [2.24, 2.45) is 5.73 Å². The van der Waals surface area contributed by atoms with E-state index >= 15 is 0 Å². The Kier molecular flexibility index (Phi) is 4.89. The summed E-state index contributed by atoms with van der Waals surface area (Å²) in [6.45, 7) is 1.67. The second-order valence-electron chi connectivity index (χ2n) is 3.39. The van der Waals surface area contributed by atoms with E-state index in [1.54, 1.807) is 6.92 Å². The number of hydrogen-bond acceptors (Lipinski definition) is 4. The lowest BCUT2D eigenvalue weighted by Gasteiger charge is -2.17. The smallest absolute Gasteiger partial charge is 0.342 e. The predicted molar refractivity (Wildman–Crippen MR) is 64.3 cm³/mol. The van der Waals surface area contributed by atoms with Crippen LogP contribution in [-0.4, -0.2) is 23.9 Å². The highest BCUT2D eigenvalue weighted by atomic mass is 79.9. The van der Waals surface area contributed by atoms with Crippen molar-refractivity contribution in [3.8, 4) is 5.75 Å². The zero-order valence-electron chi connectivity index (χ0n) is 9.19. The van der Waals surface area contributed by atoms with E-state index in [9.17, 15) is 14.3 Å². The number of halogens is 2. The van der Waals surface area contributed by atoms with Crippen LogP contribution in [0.3, 0.4) is 0 Å². The highest BCUT2D eigenvalue weighted by Gasteiger charge is 2.29. The SMILES string of the molecule is CCOC(=O)C(F)[C@H](N)c1cc(O)ccc1Br. The highest BCUT2D eigenvalue weighted by Crippen LogP contribution is 2.29. The van der Waals surface area contributed by atoms with E-state index in [2.05, 4.69) is 20.7 Å². The number of phenols is 1. The van der Waals surface area contributed by atoms with Gasteiger partial charge in [0.15, 0.2) is 0 Å². The van der Waals surface area contributed by atoms with E-state index < -0.39 is 18.2 Å². The van der Waals surface area contributed by atoms with E-state index in [1.807, 2.05) is 0 Å². The molecular weight excluding hydrogens is 293 g/mol. The Bertz CT molecular complexity index is 414. The second kappa shape index (κ2) is 5.97. The summed E-state index contributed by atoms with van der Waals surface area (Å²) in [7, 11) is 0. The Labute approximate surface area is 107 Å². The number of esters is 1. The Morgan fingerprint density at radius 2 is 2.29 bits per heavy atom. The monoisotopic (exact) mass is 305 g/mol. The summed E-state index contributed by atoms with van der Waals surface area (Å²) >= 11 is 3.18. The Morgan fingerprint density at radius 1 is 1.65 bits per heavy atom. The number of carbonyl (C=O) groups excluding carboxylic acids is 1. The summed E-state index contributed by atoms with van der Waals surface area (Å²) in [4.78, 5) is 11.2. The molecule has 0 aromatic heterocycles. The lowest BCUT2D eigenvalue weighted by atomic mass is 10.0. The van der Waals surface area contributed by atoms with Crippen molar-refractivity contribution in [2.75, 3.05) is 6.61 Å². The molecule has 4 nitrogen and oxygen atoms in total. The molecule has 1 unspecified atom stereocenters. The average Bonchev–Trinajstić information content (AvgIpc) is 2.30. The molecule has 0 aliphatic rings. The standard InChI is InChI=1S/C11H13BrFNO3/c1-2-17-11(16)9(13)10(14)7-5-6(15)3-4-8(7)12/h3-5,9-10,15H,2,14H2,1H3/t9?,10-/m1/s1. The van der Waals surface area contributed by atoms with Crippen LogP contribution in [0.15, 0.2) is 22.7 Å². The summed E-state index contributed by atoms with van der Waals surface area (Å²) in [5, 5.41) is 9.30. The van der Waals surface area contributed by atoms with Crippen LogP contribution in [0.25, 0.3) is 0 Å². The lowest BCUT2D eigenvalue weighted by molar-refractivity contribution is -0.149. The molecule has 0 aliphatic heterocycles. The molecule has 6 heteroatoms. The molecule has 94 valence electrons. The fourth-order valence-electron chi connectivity index (χ4n) is 1.31. The quantitative estimate of drug-likeness (QED) is 0.835. The zero-order chi connectivity index (χ0) is 13.0. The summed E-state index contributed by atoms with van der Waals surface area (Å²) in [5.74, 6) is -1.05. The molecule has 17 heavy (non-hydrogen) atoms. The van der Waals surface area contributed by atoms with Crippen molar-refractivity contribution in [3.05, 3.63) is 28.2 Å². The minimum atomic E-state index is -1.96. The van der Waals surface area contributed by atoms with Gasteiger partial charge in [0.1, 0.15) is 5.75 Å². The maximum atomic E-state index is 13.7. The van der Waals surface area contributed by atoms with Crippen LogP contribution in [0, 0.1) is 0 Å². The Hall–Kier alpha value is -1.14. The first kappa shape index (κ1) is 13.9. The molecule has 0 amide bonds. The van der Waals surface area contributed by atoms with Crippen molar-refractivity contribution >= 4 is 21.9 Å². The number of alkyl halides is 1. The molecule has 0 bridgehead atoms. The van der Waals surface area contributed by atoms with Crippen molar-refractivity contribution in [1.82, 2.24) is 0 Å². The lowest BCUT2D eigenvalue weighted by Crippen LogP contribution is -2.31. The third-order valence-electron chi connectivity index (χ3n) is 2.17. The number of aromatic hydroxyl groups is 1. The molecule has 0 spiro atoms. The van der Waals surface area contributed by atoms with Gasteiger partial charge in [-0.05, 0) is 30.7 Å². The molecule has 0 saturated heterocycles. The molecule has 0 saturated carbocycles. The van der Waals surface area contributed by atoms with Gasteiger partial charge < -0.3 is 15.6 Å². The topological polar surface area (TPSA) is 72.5 Å². The van der Waals surface area contributed by atoms with E-state index in [4.69, 9.17) is 5.73 Å². The van der Waals surface area contributed by atoms with Gasteiger partial charge in [0, 0.05) is 4.47 Å². The number of benzene rings is 1. The number of carbonyl (C=O) groups is 1. The third-order valence-corrected chi connectivity index (χ3v) is 2.89. The molecule has 0 aliphatic carbocycles. The number of rotatable bonds is 4. The number of nitrogens with two attached hydrogens (primary N) is 1. The van der Waals surface area contributed by atoms with Gasteiger partial charge >= 0.3 is 5.97 Å². The van der Waals surface area contributed by atoms with Gasteiger partial charge in [0.05, 0.1) is 12.6 Å². The summed E-state index contributed by atoms with van der Waals surface area (Å²) < 4.78 is 18.7. The summed E-state index contributed by atoms with van der Waals surface area (Å²) in [6, 6.07) is 3.08. The van der Waals surface area contributed by atoms with Gasteiger partial charge in [0.2, 0.25) is 6.17 Å². The highest BCUT2D eigenvalue weighted by molar-refractivity contribution is 9.10. The van der Waals surface area contributed by atoms with Gasteiger partial charge in [-0.3, -0.25) is 0 Å². The molecule has 1 aromatic rings. The first-order chi connectivity index (χ1) is 7.97. The minimum Gasteiger partial charge on any atom is -0.508 e. The van der Waals surface area contributed by atoms with Crippen molar-refractivity contribution in [2.45, 2.75) is 19.1 Å². The van der Waals surface area contributed by atoms with Crippen LogP contribution in [-0.2, 0) is 9.53 Å². The van der Waals surface area contributed by atoms with Crippen molar-refractivity contribution < 1.29 is 19.0 Å². The Morgan fingerprint density at radius 3 is 2.88 bits per heavy atom. The molecule has 3 N–H and O–H groups in total. The molecule has 0 heterocycles. The van der Waals surface area contributed by atoms with Crippen LogP contribution in [0.1, 0.15) is 18.5 Å². The minimum absolute atomic E-state index is 0.0466. The average molecular weight is 306 g/mol. The first-order valence-corrected chi connectivity index (χ1v) is 5.81. The second-order valence-corrected chi connectivity index (χ2v) is 4.24. The molecule has 1 aromatic carbocycles.